The molecule has 5 nitrogen and oxygen atoms in total. The largest absolute Gasteiger partial charge is 0.381 e. The lowest BCUT2D eigenvalue weighted by Gasteiger charge is -2.42. The van der Waals surface area contributed by atoms with Gasteiger partial charge in [-0.25, -0.2) is 0 Å². The Hall–Kier alpha value is -2.66. The van der Waals surface area contributed by atoms with Crippen LogP contribution < -0.4 is 0 Å². The Labute approximate surface area is 134 Å². The van der Waals surface area contributed by atoms with Crippen LogP contribution in [-0.4, -0.2) is 46.5 Å². The predicted octanol–water partition coefficient (Wildman–Crippen LogP) is 1.66. The number of rotatable bonds is 2. The summed E-state index contributed by atoms with van der Waals surface area (Å²) in [5, 5.41) is 10.4. The van der Waals surface area contributed by atoms with Crippen LogP contribution >= 0.6 is 0 Å². The number of benzene rings is 2. The van der Waals surface area contributed by atoms with Gasteiger partial charge in [-0.1, -0.05) is 48.5 Å². The normalized spacial score (nSPS) is 21.4. The maximum absolute atomic E-state index is 12.9. The second-order valence-electron chi connectivity index (χ2n) is 5.62. The van der Waals surface area contributed by atoms with Gasteiger partial charge in [0.25, 0.3) is 11.8 Å². The molecular weight excluding hydrogens is 292 g/mol. The molecule has 1 heterocycles. The Bertz CT molecular complexity index is 703. The third-order valence-electron chi connectivity index (χ3n) is 4.05. The van der Waals surface area contributed by atoms with Gasteiger partial charge >= 0.3 is 0 Å². The fourth-order valence-electron chi connectivity index (χ4n) is 2.87. The average Bonchev–Trinajstić information content (AvgIpc) is 2.60. The number of hydrogen-bond donors (Lipinski definition) is 1. The van der Waals surface area contributed by atoms with Crippen LogP contribution in [-0.2, 0) is 4.79 Å². The lowest BCUT2D eigenvalue weighted by Crippen LogP contribution is -2.57. The summed E-state index contributed by atoms with van der Waals surface area (Å²) in [4.78, 5) is 27.9. The Morgan fingerprint density at radius 2 is 1.61 bits per heavy atom. The van der Waals surface area contributed by atoms with Crippen molar-refractivity contribution in [2.24, 2.45) is 0 Å². The first kappa shape index (κ1) is 15.2. The highest BCUT2D eigenvalue weighted by Gasteiger charge is 2.42. The van der Waals surface area contributed by atoms with E-state index in [-0.39, 0.29) is 18.5 Å². The zero-order valence-corrected chi connectivity index (χ0v) is 12.8. The smallest absolute Gasteiger partial charge is 0.255 e. The van der Waals surface area contributed by atoms with E-state index in [0.29, 0.717) is 5.56 Å². The van der Waals surface area contributed by atoms with E-state index in [4.69, 9.17) is 0 Å². The second kappa shape index (κ2) is 6.22. The molecule has 0 spiro atoms. The summed E-state index contributed by atoms with van der Waals surface area (Å²) in [7, 11) is 1.58. The standard InChI is InChI=1S/C18H18N2O3/c1-19-12-20(17(22)14-10-6-3-7-11-14)15(16(21)18(19)23)13-8-4-2-5-9-13/h2-11,15-16,21H,12H2,1H3/t15-,16-/m1/s1. The van der Waals surface area contributed by atoms with Crippen molar-refractivity contribution in [1.82, 2.24) is 9.80 Å². The zero-order chi connectivity index (χ0) is 16.4. The molecule has 1 aliphatic heterocycles. The van der Waals surface area contributed by atoms with Crippen LogP contribution in [0.25, 0.3) is 0 Å². The molecule has 3 rings (SSSR count). The van der Waals surface area contributed by atoms with Crippen LogP contribution in [0.3, 0.4) is 0 Å². The molecular formula is C18H18N2O3. The second-order valence-corrected chi connectivity index (χ2v) is 5.62. The molecule has 23 heavy (non-hydrogen) atoms. The van der Waals surface area contributed by atoms with Crippen molar-refractivity contribution >= 4 is 11.8 Å². The highest BCUT2D eigenvalue weighted by molar-refractivity contribution is 5.96. The van der Waals surface area contributed by atoms with Crippen molar-refractivity contribution in [3.63, 3.8) is 0 Å². The monoisotopic (exact) mass is 310 g/mol. The van der Waals surface area contributed by atoms with E-state index in [2.05, 4.69) is 0 Å². The van der Waals surface area contributed by atoms with Crippen molar-refractivity contribution < 1.29 is 14.7 Å². The maximum Gasteiger partial charge on any atom is 0.255 e. The Morgan fingerprint density at radius 3 is 2.22 bits per heavy atom. The lowest BCUT2D eigenvalue weighted by molar-refractivity contribution is -0.151. The molecule has 0 aliphatic carbocycles. The zero-order valence-electron chi connectivity index (χ0n) is 12.8. The maximum atomic E-state index is 12.9. The minimum Gasteiger partial charge on any atom is -0.381 e. The van der Waals surface area contributed by atoms with Gasteiger partial charge in [0.05, 0.1) is 12.7 Å². The van der Waals surface area contributed by atoms with E-state index in [0.717, 1.165) is 5.56 Å². The molecule has 118 valence electrons. The highest BCUT2D eigenvalue weighted by atomic mass is 16.3. The molecule has 0 bridgehead atoms. The molecule has 1 saturated heterocycles. The average molecular weight is 310 g/mol. The van der Waals surface area contributed by atoms with Gasteiger partial charge in [-0.2, -0.15) is 0 Å². The number of carbonyl (C=O) groups excluding carboxylic acids is 2. The molecule has 2 amide bonds. The summed E-state index contributed by atoms with van der Waals surface area (Å²) >= 11 is 0. The first-order valence-electron chi connectivity index (χ1n) is 7.43. The van der Waals surface area contributed by atoms with Crippen LogP contribution in [0.5, 0.6) is 0 Å². The summed E-state index contributed by atoms with van der Waals surface area (Å²) in [6.45, 7) is 0.142. The topological polar surface area (TPSA) is 60.9 Å². The number of carbonyl (C=O) groups is 2. The fourth-order valence-corrected chi connectivity index (χ4v) is 2.87. The van der Waals surface area contributed by atoms with Gasteiger partial charge in [0, 0.05) is 12.6 Å². The van der Waals surface area contributed by atoms with Gasteiger partial charge in [0.1, 0.15) is 0 Å². The first-order valence-corrected chi connectivity index (χ1v) is 7.43. The van der Waals surface area contributed by atoms with E-state index in [1.165, 1.54) is 9.80 Å². The van der Waals surface area contributed by atoms with Crippen LogP contribution in [0.1, 0.15) is 22.0 Å². The molecule has 0 saturated carbocycles. The number of amides is 2. The summed E-state index contributed by atoms with van der Waals surface area (Å²) in [6, 6.07) is 17.3. The van der Waals surface area contributed by atoms with Crippen LogP contribution in [0.4, 0.5) is 0 Å². The molecule has 0 unspecified atom stereocenters. The van der Waals surface area contributed by atoms with Gasteiger partial charge in [-0.3, -0.25) is 9.59 Å². The summed E-state index contributed by atoms with van der Waals surface area (Å²) < 4.78 is 0. The van der Waals surface area contributed by atoms with Crippen molar-refractivity contribution in [2.75, 3.05) is 13.7 Å². The number of aliphatic hydroxyl groups is 1. The van der Waals surface area contributed by atoms with E-state index in [9.17, 15) is 14.7 Å². The van der Waals surface area contributed by atoms with Gasteiger partial charge in [-0.15, -0.1) is 0 Å². The van der Waals surface area contributed by atoms with Gasteiger partial charge in [-0.05, 0) is 17.7 Å². The molecule has 0 radical (unpaired) electrons. The Morgan fingerprint density at radius 1 is 1.04 bits per heavy atom. The third-order valence-corrected chi connectivity index (χ3v) is 4.05. The minimum atomic E-state index is -1.27. The van der Waals surface area contributed by atoms with Gasteiger partial charge in [0.2, 0.25) is 0 Å². The van der Waals surface area contributed by atoms with E-state index >= 15 is 0 Å². The van der Waals surface area contributed by atoms with E-state index in [1.54, 1.807) is 31.3 Å². The van der Waals surface area contributed by atoms with Crippen molar-refractivity contribution in [3.05, 3.63) is 71.8 Å². The Balaban J connectivity index is 2.01. The van der Waals surface area contributed by atoms with Crippen molar-refractivity contribution in [3.8, 4) is 0 Å². The van der Waals surface area contributed by atoms with Crippen LogP contribution in [0, 0.1) is 0 Å². The van der Waals surface area contributed by atoms with Crippen LogP contribution in [0.15, 0.2) is 60.7 Å². The SMILES string of the molecule is CN1CN(C(=O)c2ccccc2)[C@H](c2ccccc2)[C@@H](O)C1=O. The third kappa shape index (κ3) is 2.83. The predicted molar refractivity (Wildman–Crippen MR) is 85.4 cm³/mol. The molecule has 1 fully saturated rings. The molecule has 0 aromatic heterocycles. The van der Waals surface area contributed by atoms with Crippen molar-refractivity contribution in [2.45, 2.75) is 12.1 Å². The molecule has 1 N–H and O–H groups in total. The van der Waals surface area contributed by atoms with Crippen molar-refractivity contribution in [1.29, 1.82) is 0 Å². The highest BCUT2D eigenvalue weighted by Crippen LogP contribution is 2.30. The number of aliphatic hydroxyl groups excluding tert-OH is 1. The van der Waals surface area contributed by atoms with E-state index in [1.807, 2.05) is 36.4 Å². The lowest BCUT2D eigenvalue weighted by atomic mass is 9.96. The molecule has 2 atom stereocenters. The number of likely N-dealkylation sites (N-methyl/N-ethyl adjacent to an activating group) is 1. The molecule has 5 heteroatoms. The van der Waals surface area contributed by atoms with Gasteiger partial charge < -0.3 is 14.9 Å². The summed E-state index contributed by atoms with van der Waals surface area (Å²) in [6.07, 6.45) is -1.27. The summed E-state index contributed by atoms with van der Waals surface area (Å²) in [5.74, 6) is -0.589. The quantitative estimate of drug-likeness (QED) is 0.918. The fraction of sp³-hybridized carbons (Fsp3) is 0.222. The van der Waals surface area contributed by atoms with E-state index < -0.39 is 12.1 Å². The Kier molecular flexibility index (Phi) is 4.12. The van der Waals surface area contributed by atoms with Crippen LogP contribution in [0.2, 0.25) is 0 Å². The summed E-state index contributed by atoms with van der Waals surface area (Å²) in [5.41, 5.74) is 1.27. The minimum absolute atomic E-state index is 0.142. The number of hydrogen-bond acceptors (Lipinski definition) is 3. The first-order chi connectivity index (χ1) is 11.1. The molecule has 2 aromatic carbocycles. The number of nitrogens with zero attached hydrogens (tertiary/aromatic N) is 2. The molecule has 2 aromatic rings. The molecule has 1 aliphatic rings. The van der Waals surface area contributed by atoms with Gasteiger partial charge in [0.15, 0.2) is 6.10 Å².